The molecule has 3 rings (SSSR count). The van der Waals surface area contributed by atoms with Crippen LogP contribution in [0.25, 0.3) is 5.65 Å². The molecular formula is C17H20N4O2. The smallest absolute Gasteiger partial charge is 0.220 e. The highest BCUT2D eigenvalue weighted by Gasteiger charge is 2.19. The third-order valence-corrected chi connectivity index (χ3v) is 4.02. The normalized spacial score (nSPS) is 12.5. The van der Waals surface area contributed by atoms with Crippen LogP contribution in [0.4, 0.5) is 0 Å². The van der Waals surface area contributed by atoms with E-state index < -0.39 is 0 Å². The van der Waals surface area contributed by atoms with Crippen molar-refractivity contribution < 1.29 is 9.32 Å². The molecule has 3 aromatic heterocycles. The van der Waals surface area contributed by atoms with Crippen LogP contribution >= 0.6 is 0 Å². The summed E-state index contributed by atoms with van der Waals surface area (Å²) in [6.07, 6.45) is 6.00. The van der Waals surface area contributed by atoms with Crippen molar-refractivity contribution >= 4 is 11.6 Å². The van der Waals surface area contributed by atoms with E-state index in [1.807, 2.05) is 49.7 Å². The van der Waals surface area contributed by atoms with E-state index in [4.69, 9.17) is 4.52 Å². The predicted molar refractivity (Wildman–Crippen MR) is 86.0 cm³/mol. The molecule has 0 aliphatic carbocycles. The molecule has 0 aromatic carbocycles. The molecule has 0 aliphatic rings. The van der Waals surface area contributed by atoms with Gasteiger partial charge < -0.3 is 14.2 Å². The van der Waals surface area contributed by atoms with Gasteiger partial charge in [0, 0.05) is 37.1 Å². The second-order valence-electron chi connectivity index (χ2n) is 5.85. The van der Waals surface area contributed by atoms with E-state index in [0.717, 1.165) is 28.2 Å². The van der Waals surface area contributed by atoms with Crippen LogP contribution in [-0.2, 0) is 11.3 Å². The van der Waals surface area contributed by atoms with Gasteiger partial charge in [0.1, 0.15) is 11.4 Å². The Bertz CT molecular complexity index is 815. The first-order chi connectivity index (χ1) is 11.0. The molecule has 0 aliphatic heterocycles. The number of hydrogen-bond acceptors (Lipinski definition) is 4. The summed E-state index contributed by atoms with van der Waals surface area (Å²) in [6.45, 7) is 6.29. The molecule has 120 valence electrons. The van der Waals surface area contributed by atoms with Crippen molar-refractivity contribution in [2.24, 2.45) is 0 Å². The quantitative estimate of drug-likeness (QED) is 0.786. The van der Waals surface area contributed by atoms with Gasteiger partial charge in [-0.25, -0.2) is 4.98 Å². The van der Waals surface area contributed by atoms with E-state index in [-0.39, 0.29) is 11.8 Å². The number of rotatable bonds is 5. The van der Waals surface area contributed by atoms with E-state index in [0.29, 0.717) is 13.0 Å². The lowest BCUT2D eigenvalue weighted by atomic mass is 9.96. The van der Waals surface area contributed by atoms with Gasteiger partial charge in [0.05, 0.1) is 5.69 Å². The summed E-state index contributed by atoms with van der Waals surface area (Å²) in [6, 6.07) is 3.95. The molecule has 0 saturated carbocycles. The Morgan fingerprint density at radius 1 is 1.39 bits per heavy atom. The van der Waals surface area contributed by atoms with E-state index in [1.165, 1.54) is 0 Å². The molecule has 6 nitrogen and oxygen atoms in total. The zero-order chi connectivity index (χ0) is 16.4. The monoisotopic (exact) mass is 312 g/mol. The molecule has 0 unspecified atom stereocenters. The van der Waals surface area contributed by atoms with Crippen molar-refractivity contribution in [3.63, 3.8) is 0 Å². The Labute approximate surface area is 134 Å². The van der Waals surface area contributed by atoms with Gasteiger partial charge in [-0.15, -0.1) is 0 Å². The number of amides is 1. The summed E-state index contributed by atoms with van der Waals surface area (Å²) < 4.78 is 7.10. The molecule has 6 heteroatoms. The third-order valence-electron chi connectivity index (χ3n) is 4.02. The molecule has 0 spiro atoms. The summed E-state index contributed by atoms with van der Waals surface area (Å²) in [5.74, 6) is 0.879. The van der Waals surface area contributed by atoms with Crippen molar-refractivity contribution in [3.8, 4) is 0 Å². The highest BCUT2D eigenvalue weighted by Crippen LogP contribution is 2.25. The van der Waals surface area contributed by atoms with Crippen LogP contribution in [0.3, 0.4) is 0 Å². The minimum absolute atomic E-state index is 0.0146. The predicted octanol–water partition coefficient (Wildman–Crippen LogP) is 2.75. The highest BCUT2D eigenvalue weighted by molar-refractivity contribution is 5.77. The van der Waals surface area contributed by atoms with E-state index in [1.54, 1.807) is 6.20 Å². The third kappa shape index (κ3) is 3.26. The summed E-state index contributed by atoms with van der Waals surface area (Å²) in [5.41, 5.74) is 3.79. The first kappa shape index (κ1) is 15.3. The molecule has 3 aromatic rings. The van der Waals surface area contributed by atoms with Crippen LogP contribution in [-0.4, -0.2) is 20.4 Å². The fourth-order valence-electron chi connectivity index (χ4n) is 2.91. The van der Waals surface area contributed by atoms with Crippen molar-refractivity contribution in [1.82, 2.24) is 19.9 Å². The van der Waals surface area contributed by atoms with E-state index in [9.17, 15) is 4.79 Å². The molecular weight excluding hydrogens is 292 g/mol. The topological polar surface area (TPSA) is 72.4 Å². The lowest BCUT2D eigenvalue weighted by molar-refractivity contribution is -0.121. The van der Waals surface area contributed by atoms with E-state index in [2.05, 4.69) is 15.5 Å². The number of nitrogens with one attached hydrogen (secondary N) is 1. The van der Waals surface area contributed by atoms with Crippen LogP contribution in [0.2, 0.25) is 0 Å². The summed E-state index contributed by atoms with van der Waals surface area (Å²) in [5, 5.41) is 6.91. The van der Waals surface area contributed by atoms with Gasteiger partial charge in [0.15, 0.2) is 0 Å². The van der Waals surface area contributed by atoms with Gasteiger partial charge in [-0.3, -0.25) is 4.79 Å². The number of nitrogens with zero attached hydrogens (tertiary/aromatic N) is 3. The number of carbonyl (C=O) groups excluding carboxylic acids is 1. The standard InChI is InChI=1S/C17H20N4O2/c1-11(17-12(2)20-23-13(17)3)8-16(22)19-10-14-4-6-21-7-5-18-15(21)9-14/h4-7,9,11H,8,10H2,1-3H3,(H,19,22)/t11-/m0/s1. The van der Waals surface area contributed by atoms with Crippen molar-refractivity contribution in [2.75, 3.05) is 0 Å². The van der Waals surface area contributed by atoms with Crippen molar-refractivity contribution in [1.29, 1.82) is 0 Å². The summed E-state index contributed by atoms with van der Waals surface area (Å²) in [7, 11) is 0. The number of aryl methyl sites for hydroxylation is 2. The number of pyridine rings is 1. The zero-order valence-corrected chi connectivity index (χ0v) is 13.5. The maximum atomic E-state index is 12.2. The average Bonchev–Trinajstić information content (AvgIpc) is 3.11. The first-order valence-corrected chi connectivity index (χ1v) is 7.65. The Balaban J connectivity index is 1.59. The maximum absolute atomic E-state index is 12.2. The Kier molecular flexibility index (Phi) is 4.14. The van der Waals surface area contributed by atoms with Gasteiger partial charge in [0.25, 0.3) is 0 Å². The fraction of sp³-hybridized carbons (Fsp3) is 0.353. The van der Waals surface area contributed by atoms with E-state index >= 15 is 0 Å². The summed E-state index contributed by atoms with van der Waals surface area (Å²) >= 11 is 0. The molecule has 0 saturated heterocycles. The van der Waals surface area contributed by atoms with Gasteiger partial charge in [-0.2, -0.15) is 0 Å². The Morgan fingerprint density at radius 2 is 2.22 bits per heavy atom. The summed E-state index contributed by atoms with van der Waals surface area (Å²) in [4.78, 5) is 16.4. The SMILES string of the molecule is Cc1noc(C)c1[C@@H](C)CC(=O)NCc1ccn2ccnc2c1. The minimum Gasteiger partial charge on any atom is -0.361 e. The molecule has 1 atom stereocenters. The molecule has 23 heavy (non-hydrogen) atoms. The Hall–Kier alpha value is -2.63. The van der Waals surface area contributed by atoms with Gasteiger partial charge >= 0.3 is 0 Å². The second kappa shape index (κ2) is 6.24. The van der Waals surface area contributed by atoms with Crippen LogP contribution in [0.15, 0.2) is 35.2 Å². The first-order valence-electron chi connectivity index (χ1n) is 7.65. The number of carbonyl (C=O) groups is 1. The average molecular weight is 312 g/mol. The van der Waals surface area contributed by atoms with Crippen molar-refractivity contribution in [3.05, 3.63) is 53.3 Å². The molecule has 1 amide bonds. The van der Waals surface area contributed by atoms with Crippen molar-refractivity contribution in [2.45, 2.75) is 39.7 Å². The zero-order valence-electron chi connectivity index (χ0n) is 13.5. The largest absolute Gasteiger partial charge is 0.361 e. The highest BCUT2D eigenvalue weighted by atomic mass is 16.5. The van der Waals surface area contributed by atoms with Gasteiger partial charge in [-0.1, -0.05) is 12.1 Å². The lowest BCUT2D eigenvalue weighted by Crippen LogP contribution is -2.24. The molecule has 0 bridgehead atoms. The number of fused-ring (bicyclic) bond motifs is 1. The molecule has 0 radical (unpaired) electrons. The maximum Gasteiger partial charge on any atom is 0.220 e. The molecule has 0 fully saturated rings. The number of imidazole rings is 1. The van der Waals surface area contributed by atoms with Crippen LogP contribution in [0, 0.1) is 13.8 Å². The van der Waals surface area contributed by atoms with Gasteiger partial charge in [-0.05, 0) is 37.5 Å². The van der Waals surface area contributed by atoms with Crippen LogP contribution in [0.1, 0.15) is 41.8 Å². The minimum atomic E-state index is 0.0146. The second-order valence-corrected chi connectivity index (χ2v) is 5.85. The van der Waals surface area contributed by atoms with Gasteiger partial charge in [0.2, 0.25) is 5.91 Å². The molecule has 3 heterocycles. The molecule has 1 N–H and O–H groups in total. The number of hydrogen-bond donors (Lipinski definition) is 1. The van der Waals surface area contributed by atoms with Crippen LogP contribution < -0.4 is 5.32 Å². The lowest BCUT2D eigenvalue weighted by Gasteiger charge is -2.11. The fourth-order valence-corrected chi connectivity index (χ4v) is 2.91. The number of aromatic nitrogens is 3. The Morgan fingerprint density at radius 3 is 2.96 bits per heavy atom. The van der Waals surface area contributed by atoms with Crippen LogP contribution in [0.5, 0.6) is 0 Å².